The van der Waals surface area contributed by atoms with E-state index in [2.05, 4.69) is 4.98 Å². The maximum absolute atomic E-state index is 10.3. The second-order valence-electron chi connectivity index (χ2n) is 2.58. The third-order valence-electron chi connectivity index (χ3n) is 1.44. The van der Waals surface area contributed by atoms with E-state index in [1.807, 2.05) is 0 Å². The second kappa shape index (κ2) is 7.87. The van der Waals surface area contributed by atoms with E-state index in [1.165, 1.54) is 0 Å². The van der Waals surface area contributed by atoms with E-state index in [9.17, 15) is 20.2 Å². The number of carbonyl (C=O) groups is 1. The van der Waals surface area contributed by atoms with Gasteiger partial charge >= 0.3 is 41.2 Å². The Hall–Kier alpha value is -2.45. The summed E-state index contributed by atoms with van der Waals surface area (Å²) in [5.74, 6) is -3.09. The van der Waals surface area contributed by atoms with E-state index in [-0.39, 0.29) is 34.3 Å². The van der Waals surface area contributed by atoms with E-state index in [4.69, 9.17) is 31.4 Å². The maximum Gasteiger partial charge on any atom is 1.00 e. The first kappa shape index (κ1) is 19.9. The van der Waals surface area contributed by atoms with Gasteiger partial charge in [-0.25, -0.2) is 0 Å². The fourth-order valence-electron chi connectivity index (χ4n) is 0.782. The minimum atomic E-state index is -2.08. The number of carboxylic acid groups (broad SMARTS) is 2. The molecule has 0 atom stereocenters. The summed E-state index contributed by atoms with van der Waals surface area (Å²) in [6.45, 7) is 0. The Labute approximate surface area is 130 Å². The molecule has 1 heterocycles. The molecule has 0 aliphatic carbocycles. The van der Waals surface area contributed by atoms with Crippen LogP contribution in [0, 0.1) is 25.6 Å². The van der Waals surface area contributed by atoms with Gasteiger partial charge in [-0.05, 0) is 9.85 Å². The second-order valence-corrected chi connectivity index (χ2v) is 2.58. The van der Waals surface area contributed by atoms with Gasteiger partial charge in [-0.2, -0.15) is 0 Å². The predicted octanol–water partition coefficient (Wildman–Crippen LogP) is -5.11. The molecule has 0 fully saturated rings. The van der Waals surface area contributed by atoms with E-state index >= 15 is 0 Å². The molecule has 0 spiro atoms. The third kappa shape index (κ3) is 5.04. The van der Waals surface area contributed by atoms with Crippen LogP contribution in [0.1, 0.15) is 0 Å². The van der Waals surface area contributed by atoms with Gasteiger partial charge < -0.3 is 46.2 Å². The number of hydrogen-bond donors (Lipinski definition) is 4. The number of nitrogens with two attached hydrogens (primary N) is 1. The normalized spacial score (nSPS) is 8.60. The number of nitrogens with zero attached hydrogens (tertiary/aromatic N) is 4. The van der Waals surface area contributed by atoms with Crippen LogP contribution in [0.5, 0.6) is 0 Å². The first-order valence-corrected chi connectivity index (χ1v) is 3.94. The topological polar surface area (TPSA) is 235 Å². The molecule has 0 radical (unpaired) electrons. The summed E-state index contributed by atoms with van der Waals surface area (Å²) in [6, 6.07) is 0. The number of nitro groups is 2. The molecule has 104 valence electrons. The molecule has 5 N–H and O–H groups in total. The smallest absolute Gasteiger partial charge is 0.565 e. The van der Waals surface area contributed by atoms with E-state index in [0.29, 0.717) is 0 Å². The molecule has 1 rings (SSSR count). The monoisotopic (exact) mass is 300 g/mol. The zero-order valence-electron chi connectivity index (χ0n) is 9.71. The number of aromatic nitrogens is 2. The number of nitrogens with one attached hydrogen (secondary N) is 1. The number of anilines is 1. The largest absolute Gasteiger partial charge is 1.00 e. The molecular weight excluding hydrogens is 295 g/mol. The van der Waals surface area contributed by atoms with Crippen LogP contribution in [-0.2, 0) is 0 Å². The summed E-state index contributed by atoms with van der Waals surface area (Å²) < 4.78 is -0.177. The average molecular weight is 300 g/mol. The first-order valence-electron chi connectivity index (χ1n) is 3.94. The third-order valence-corrected chi connectivity index (χ3v) is 1.44. The van der Waals surface area contributed by atoms with Crippen molar-refractivity contribution < 1.29 is 59.6 Å². The van der Waals surface area contributed by atoms with E-state index < -0.39 is 38.9 Å². The Morgan fingerprint density at radius 3 is 1.95 bits per heavy atom. The number of rotatable bonds is 2. The first-order chi connectivity index (χ1) is 8.59. The van der Waals surface area contributed by atoms with Gasteiger partial charge in [0.05, 0.1) is 0 Å². The zero-order chi connectivity index (χ0) is 15.3. The van der Waals surface area contributed by atoms with Crippen molar-refractivity contribution in [1.82, 2.24) is 9.71 Å². The Kier molecular flexibility index (Phi) is 7.82. The molecule has 0 amide bonds. The minimum absolute atomic E-state index is 0. The van der Waals surface area contributed by atoms with Crippen molar-refractivity contribution in [3.05, 3.63) is 25.7 Å². The molecule has 0 saturated heterocycles. The van der Waals surface area contributed by atoms with Crippen LogP contribution in [0.25, 0.3) is 0 Å². The number of hydrogen-bond acceptors (Lipinski definition) is 10. The molecule has 0 unspecified atom stereocenters. The van der Waals surface area contributed by atoms with Crippen LogP contribution >= 0.6 is 0 Å². The van der Waals surface area contributed by atoms with Gasteiger partial charge in [0.25, 0.3) is 5.49 Å². The standard InChI is InChI=1S/C4H4N6O5.CH2O3.Na/c5-1-3(9(12)13)7-4(10(14)15)2(6)8(1)11;2-1(3)4;/h5,11H,6H2;(H2,2,3,4);/q;;+1/p-1. The molecule has 0 bridgehead atoms. The molecular formula is C5H5N6NaO8. The van der Waals surface area contributed by atoms with Gasteiger partial charge in [-0.15, -0.1) is 4.73 Å². The van der Waals surface area contributed by atoms with Crippen LogP contribution < -0.4 is 45.9 Å². The Morgan fingerprint density at radius 1 is 1.30 bits per heavy atom. The van der Waals surface area contributed by atoms with Crippen molar-refractivity contribution in [1.29, 1.82) is 5.41 Å². The molecule has 14 nitrogen and oxygen atoms in total. The zero-order valence-corrected chi connectivity index (χ0v) is 11.7. The van der Waals surface area contributed by atoms with Crippen LogP contribution in [0.15, 0.2) is 0 Å². The molecule has 1 aromatic heterocycles. The van der Waals surface area contributed by atoms with Crippen molar-refractivity contribution in [2.75, 3.05) is 5.73 Å². The molecule has 15 heteroatoms. The maximum atomic E-state index is 10.3. The summed E-state index contributed by atoms with van der Waals surface area (Å²) >= 11 is 0. The quantitative estimate of drug-likeness (QED) is 0.175. The van der Waals surface area contributed by atoms with Crippen molar-refractivity contribution >= 4 is 23.6 Å². The van der Waals surface area contributed by atoms with Gasteiger partial charge in [-0.1, -0.05) is 0 Å². The van der Waals surface area contributed by atoms with Crippen molar-refractivity contribution in [2.45, 2.75) is 0 Å². The van der Waals surface area contributed by atoms with Gasteiger partial charge in [0.2, 0.25) is 12.0 Å². The van der Waals surface area contributed by atoms with Gasteiger partial charge in [0, 0.05) is 4.98 Å². The van der Waals surface area contributed by atoms with Crippen molar-refractivity contribution in [3.8, 4) is 0 Å². The van der Waals surface area contributed by atoms with Gasteiger partial charge in [0.15, 0.2) is 0 Å². The molecule has 20 heavy (non-hydrogen) atoms. The van der Waals surface area contributed by atoms with Crippen LogP contribution in [0.4, 0.5) is 22.2 Å². The van der Waals surface area contributed by atoms with Gasteiger partial charge in [-0.3, -0.25) is 5.41 Å². The summed E-state index contributed by atoms with van der Waals surface area (Å²) in [7, 11) is 0. The summed E-state index contributed by atoms with van der Waals surface area (Å²) in [6.07, 6.45) is -2.08. The van der Waals surface area contributed by atoms with Crippen LogP contribution in [0.3, 0.4) is 0 Å². The van der Waals surface area contributed by atoms with Crippen LogP contribution in [-0.4, -0.2) is 36.0 Å². The summed E-state index contributed by atoms with van der Waals surface area (Å²) in [5, 5.41) is 51.9. The Balaban J connectivity index is 0. The summed E-state index contributed by atoms with van der Waals surface area (Å²) in [4.78, 5) is 29.8. The fraction of sp³-hybridized carbons (Fsp3) is 0. The van der Waals surface area contributed by atoms with Crippen molar-refractivity contribution in [3.63, 3.8) is 0 Å². The Bertz CT molecular complexity index is 594. The molecule has 0 aromatic carbocycles. The Morgan fingerprint density at radius 2 is 1.65 bits per heavy atom. The van der Waals surface area contributed by atoms with E-state index in [1.54, 1.807) is 0 Å². The minimum Gasteiger partial charge on any atom is -0.565 e. The fourth-order valence-corrected chi connectivity index (χ4v) is 0.782. The van der Waals surface area contributed by atoms with Crippen LogP contribution in [0.2, 0.25) is 0 Å². The molecule has 0 aliphatic heterocycles. The summed E-state index contributed by atoms with van der Waals surface area (Å²) in [5.41, 5.74) is 3.98. The average Bonchev–Trinajstić information content (AvgIpc) is 2.24. The molecule has 1 aromatic rings. The SMILES string of the molecule is N=c1c([N+](=O)[O-])nc([N+](=O)[O-])c(N)n1O.O=C([O-])O.[Na+]. The van der Waals surface area contributed by atoms with Crippen molar-refractivity contribution in [2.24, 2.45) is 0 Å². The predicted molar refractivity (Wildman–Crippen MR) is 51.0 cm³/mol. The molecule has 0 aliphatic rings. The van der Waals surface area contributed by atoms with Gasteiger partial charge in [0.1, 0.15) is 0 Å². The number of nitrogen functional groups attached to an aromatic ring is 1. The van der Waals surface area contributed by atoms with E-state index in [0.717, 1.165) is 0 Å². The molecule has 0 saturated carbocycles.